The third-order valence-electron chi connectivity index (χ3n) is 3.34. The van der Waals surface area contributed by atoms with Crippen LogP contribution in [-0.2, 0) is 13.3 Å². The molecule has 0 amide bonds. The molecule has 0 heterocycles. The Morgan fingerprint density at radius 2 is 1.64 bits per heavy atom. The van der Waals surface area contributed by atoms with Gasteiger partial charge in [0.2, 0.25) is 0 Å². The Bertz CT molecular complexity index is 386. The maximum Gasteiger partial charge on any atom is 0.537 e. The summed E-state index contributed by atoms with van der Waals surface area (Å²) in [5, 5.41) is 1.00. The summed E-state index contributed by atoms with van der Waals surface area (Å²) in [4.78, 5) is 0. The van der Waals surface area contributed by atoms with Crippen LogP contribution in [0.15, 0.2) is 30.3 Å². The van der Waals surface area contributed by atoms with Gasteiger partial charge in [-0.1, -0.05) is 30.3 Å². The number of benzene rings is 1. The molecule has 0 spiro atoms. The Hall–Kier alpha value is -0.763. The topological polar surface area (TPSA) is 79.7 Å². The fourth-order valence-corrected chi connectivity index (χ4v) is 4.83. The maximum atomic E-state index is 6.13. The first-order chi connectivity index (χ1) is 10.7. The van der Waals surface area contributed by atoms with E-state index in [0.717, 1.165) is 24.4 Å². The fraction of sp³-hybridized carbons (Fsp3) is 0.625. The Morgan fingerprint density at radius 1 is 1.00 bits per heavy atom. The number of hydrogen-bond donors (Lipinski definition) is 2. The predicted molar refractivity (Wildman–Crippen MR) is 91.9 cm³/mol. The quantitative estimate of drug-likeness (QED) is 0.448. The van der Waals surface area contributed by atoms with Gasteiger partial charge < -0.3 is 24.7 Å². The lowest BCUT2D eigenvalue weighted by molar-refractivity contribution is 0.0795. The molecule has 0 aliphatic carbocycles. The number of nitrogens with two attached hydrogens (primary N) is 2. The molecular weight excluding hydrogens is 296 g/mol. The molecule has 5 nitrogen and oxygen atoms in total. The van der Waals surface area contributed by atoms with Gasteiger partial charge in [-0.15, -0.1) is 0 Å². The van der Waals surface area contributed by atoms with Crippen LogP contribution in [0.5, 0.6) is 0 Å². The van der Waals surface area contributed by atoms with Crippen LogP contribution in [0, 0.1) is 0 Å². The fourth-order valence-electron chi connectivity index (χ4n) is 2.31. The van der Waals surface area contributed by atoms with Gasteiger partial charge in [0.05, 0.1) is 0 Å². The van der Waals surface area contributed by atoms with E-state index in [1.807, 2.05) is 44.2 Å². The second-order valence-corrected chi connectivity index (χ2v) is 7.67. The van der Waals surface area contributed by atoms with Crippen molar-refractivity contribution in [1.29, 1.82) is 0 Å². The summed E-state index contributed by atoms with van der Waals surface area (Å²) in [5.74, 6) is 0. The molecule has 126 valence electrons. The molecule has 1 atom stereocenters. The molecular formula is C16H30N2O3Si. The van der Waals surface area contributed by atoms with E-state index in [0.29, 0.717) is 26.4 Å². The van der Waals surface area contributed by atoms with Crippen molar-refractivity contribution in [3.8, 4) is 0 Å². The van der Waals surface area contributed by atoms with Gasteiger partial charge in [-0.3, -0.25) is 0 Å². The van der Waals surface area contributed by atoms with E-state index in [1.165, 1.54) is 0 Å². The van der Waals surface area contributed by atoms with Gasteiger partial charge in [0.25, 0.3) is 0 Å². The second kappa shape index (κ2) is 10.9. The second-order valence-electron chi connectivity index (χ2n) is 5.12. The van der Waals surface area contributed by atoms with Crippen LogP contribution in [0.25, 0.3) is 0 Å². The first-order valence-electron chi connectivity index (χ1n) is 8.11. The van der Waals surface area contributed by atoms with Gasteiger partial charge in [0.1, 0.15) is 0 Å². The van der Waals surface area contributed by atoms with Crippen LogP contribution in [0.4, 0.5) is 0 Å². The average Bonchev–Trinajstić information content (AvgIpc) is 2.53. The van der Waals surface area contributed by atoms with Gasteiger partial charge >= 0.3 is 8.80 Å². The van der Waals surface area contributed by atoms with Crippen molar-refractivity contribution in [3.05, 3.63) is 30.3 Å². The molecule has 0 saturated carbocycles. The van der Waals surface area contributed by atoms with Crippen LogP contribution < -0.4 is 16.7 Å². The van der Waals surface area contributed by atoms with Crippen molar-refractivity contribution in [2.75, 3.05) is 26.4 Å². The Balaban J connectivity index is 2.66. The molecule has 0 bridgehead atoms. The minimum Gasteiger partial charge on any atom is -0.370 e. The Kier molecular flexibility index (Phi) is 9.54. The molecule has 0 aromatic heterocycles. The minimum absolute atomic E-state index is 0.139. The van der Waals surface area contributed by atoms with Crippen molar-refractivity contribution >= 4 is 14.0 Å². The summed E-state index contributed by atoms with van der Waals surface area (Å²) in [7, 11) is -2.83. The zero-order valence-corrected chi connectivity index (χ0v) is 14.8. The van der Waals surface area contributed by atoms with Crippen LogP contribution in [0.3, 0.4) is 0 Å². The molecule has 0 aliphatic heterocycles. The third kappa shape index (κ3) is 6.16. The number of rotatable bonds is 12. The average molecular weight is 327 g/mol. The first-order valence-corrected chi connectivity index (χ1v) is 9.84. The zero-order chi connectivity index (χ0) is 16.3. The monoisotopic (exact) mass is 326 g/mol. The van der Waals surface area contributed by atoms with Crippen molar-refractivity contribution in [3.63, 3.8) is 0 Å². The molecule has 1 rings (SSSR count). The molecule has 0 saturated heterocycles. The van der Waals surface area contributed by atoms with E-state index in [4.69, 9.17) is 24.7 Å². The van der Waals surface area contributed by atoms with E-state index in [1.54, 1.807) is 0 Å². The molecule has 22 heavy (non-hydrogen) atoms. The van der Waals surface area contributed by atoms with Gasteiger partial charge in [-0.25, -0.2) is 0 Å². The molecule has 0 aliphatic rings. The summed E-state index contributed by atoms with van der Waals surface area (Å²) >= 11 is 0. The van der Waals surface area contributed by atoms with Crippen LogP contribution in [-0.4, -0.2) is 41.2 Å². The molecule has 0 fully saturated rings. The van der Waals surface area contributed by atoms with E-state index in [2.05, 4.69) is 0 Å². The number of hydrogen-bond acceptors (Lipinski definition) is 5. The van der Waals surface area contributed by atoms with E-state index in [9.17, 15) is 0 Å². The first kappa shape index (κ1) is 19.3. The minimum atomic E-state index is -2.83. The summed E-state index contributed by atoms with van der Waals surface area (Å²) in [6.07, 6.45) is 2.62. The van der Waals surface area contributed by atoms with Gasteiger partial charge in [0.15, 0.2) is 0 Å². The lowest BCUT2D eigenvalue weighted by atomic mass is 10.1. The molecule has 0 radical (unpaired) electrons. The van der Waals surface area contributed by atoms with Gasteiger partial charge in [0, 0.05) is 31.0 Å². The Labute approximate surface area is 135 Å². The summed E-state index contributed by atoms with van der Waals surface area (Å²) in [5.41, 5.74) is 11.5. The van der Waals surface area contributed by atoms with Crippen molar-refractivity contribution in [2.45, 2.75) is 39.2 Å². The van der Waals surface area contributed by atoms with Crippen molar-refractivity contribution < 1.29 is 13.3 Å². The van der Waals surface area contributed by atoms with E-state index in [-0.39, 0.29) is 6.04 Å². The highest BCUT2D eigenvalue weighted by atomic mass is 28.4. The maximum absolute atomic E-state index is 6.13. The Morgan fingerprint density at radius 3 is 2.18 bits per heavy atom. The van der Waals surface area contributed by atoms with Crippen LogP contribution in [0.2, 0.25) is 0 Å². The van der Waals surface area contributed by atoms with E-state index >= 15 is 0 Å². The smallest absolute Gasteiger partial charge is 0.370 e. The lowest BCUT2D eigenvalue weighted by Gasteiger charge is -2.29. The van der Waals surface area contributed by atoms with Crippen LogP contribution in [0.1, 0.15) is 33.1 Å². The molecule has 1 aromatic rings. The summed E-state index contributed by atoms with van der Waals surface area (Å²) < 4.78 is 18.0. The van der Waals surface area contributed by atoms with Crippen molar-refractivity contribution in [2.24, 2.45) is 11.5 Å². The lowest BCUT2D eigenvalue weighted by Crippen LogP contribution is -2.57. The predicted octanol–water partition coefficient (Wildman–Crippen LogP) is 1.38. The van der Waals surface area contributed by atoms with Crippen LogP contribution >= 0.6 is 0 Å². The highest BCUT2D eigenvalue weighted by Crippen LogP contribution is 2.12. The normalized spacial score (nSPS) is 13.3. The van der Waals surface area contributed by atoms with Gasteiger partial charge in [-0.05, 0) is 39.7 Å². The molecule has 6 heteroatoms. The summed E-state index contributed by atoms with van der Waals surface area (Å²) in [6.45, 7) is 6.26. The highest BCUT2D eigenvalue weighted by Gasteiger charge is 2.43. The molecule has 4 N–H and O–H groups in total. The SMILES string of the molecule is CCO[Si](OCC)(OCCCC(N)CCN)c1ccccc1. The molecule has 1 aromatic carbocycles. The standard InChI is InChI=1S/C16H30N2O3Si/c1-3-19-22(20-4-2,16-10-6-5-7-11-16)21-14-8-9-15(18)12-13-17/h5-7,10-11,15H,3-4,8-9,12-14,17-18H2,1-2H3. The largest absolute Gasteiger partial charge is 0.537 e. The van der Waals surface area contributed by atoms with Gasteiger partial charge in [-0.2, -0.15) is 0 Å². The zero-order valence-electron chi connectivity index (χ0n) is 13.8. The third-order valence-corrected chi connectivity index (χ3v) is 6.31. The highest BCUT2D eigenvalue weighted by molar-refractivity contribution is 6.75. The summed E-state index contributed by atoms with van der Waals surface area (Å²) in [6, 6.07) is 10.1. The molecule has 1 unspecified atom stereocenters. The van der Waals surface area contributed by atoms with E-state index < -0.39 is 8.80 Å². The van der Waals surface area contributed by atoms with Crippen molar-refractivity contribution in [1.82, 2.24) is 0 Å².